The molecule has 0 aliphatic carbocycles. The predicted molar refractivity (Wildman–Crippen MR) is 109 cm³/mol. The number of aliphatic imine (C=N–C) groups is 1. The maximum atomic E-state index is 12.4. The lowest BCUT2D eigenvalue weighted by Gasteiger charge is -2.34. The van der Waals surface area contributed by atoms with Gasteiger partial charge in [-0.1, -0.05) is 26.7 Å². The van der Waals surface area contributed by atoms with Gasteiger partial charge in [-0.05, 0) is 12.0 Å². The fourth-order valence-corrected chi connectivity index (χ4v) is 3.10. The van der Waals surface area contributed by atoms with E-state index in [1.165, 1.54) is 0 Å². The largest absolute Gasteiger partial charge is 0.356 e. The second-order valence-corrected chi connectivity index (χ2v) is 6.73. The first-order valence-corrected chi connectivity index (χ1v) is 9.92. The van der Waals surface area contributed by atoms with Gasteiger partial charge in [-0.3, -0.25) is 9.79 Å². The van der Waals surface area contributed by atoms with Gasteiger partial charge in [-0.25, -0.2) is 9.97 Å². The Morgan fingerprint density at radius 3 is 2.41 bits per heavy atom. The number of aromatic nitrogens is 2. The number of nitrogens with one attached hydrogen (secondary N) is 2. The first kappa shape index (κ1) is 20.9. The average Bonchev–Trinajstić information content (AvgIpc) is 2.73. The van der Waals surface area contributed by atoms with Gasteiger partial charge in [0.1, 0.15) is 0 Å². The molecule has 0 unspecified atom stereocenters. The van der Waals surface area contributed by atoms with E-state index in [2.05, 4.69) is 44.3 Å². The second kappa shape index (κ2) is 11.4. The van der Waals surface area contributed by atoms with Gasteiger partial charge in [0.25, 0.3) is 0 Å². The van der Waals surface area contributed by atoms with Gasteiger partial charge >= 0.3 is 0 Å². The van der Waals surface area contributed by atoms with E-state index in [0.717, 1.165) is 44.4 Å². The lowest BCUT2D eigenvalue weighted by molar-refractivity contribution is -0.131. The molecule has 2 heterocycles. The van der Waals surface area contributed by atoms with Crippen molar-refractivity contribution in [1.82, 2.24) is 25.5 Å². The fraction of sp³-hybridized carbons (Fsp3) is 0.684. The molecule has 2 N–H and O–H groups in total. The minimum Gasteiger partial charge on any atom is -0.356 e. The highest BCUT2D eigenvalue weighted by atomic mass is 16.2. The minimum atomic E-state index is 0.173. The maximum absolute atomic E-state index is 12.4. The van der Waals surface area contributed by atoms with Crippen LogP contribution in [0.2, 0.25) is 0 Å². The lowest BCUT2D eigenvalue weighted by Crippen LogP contribution is -2.50. The molecule has 27 heavy (non-hydrogen) atoms. The van der Waals surface area contributed by atoms with Crippen LogP contribution in [0.5, 0.6) is 0 Å². The van der Waals surface area contributed by atoms with Crippen molar-refractivity contribution >= 4 is 17.8 Å². The zero-order valence-electron chi connectivity index (χ0n) is 16.8. The van der Waals surface area contributed by atoms with Gasteiger partial charge in [0, 0.05) is 65.1 Å². The summed E-state index contributed by atoms with van der Waals surface area (Å²) in [5.41, 5.74) is 0. The van der Waals surface area contributed by atoms with Gasteiger partial charge in [0.2, 0.25) is 11.9 Å². The molecule has 8 nitrogen and oxygen atoms in total. The standard InChI is InChI=1S/C19H33N7O/c1-4-16(5-2)15-24-18(20-3)21-10-7-17(27)25-11-13-26(14-12-25)19-22-8-6-9-23-19/h6,8-9,16H,4-5,7,10-15H2,1-3H3,(H2,20,21,24). The van der Waals surface area contributed by atoms with Crippen molar-refractivity contribution < 1.29 is 4.79 Å². The maximum Gasteiger partial charge on any atom is 0.225 e. The number of guanidine groups is 1. The molecule has 0 spiro atoms. The highest BCUT2D eigenvalue weighted by Crippen LogP contribution is 2.10. The summed E-state index contributed by atoms with van der Waals surface area (Å²) in [5, 5.41) is 6.58. The van der Waals surface area contributed by atoms with Crippen molar-refractivity contribution in [3.05, 3.63) is 18.5 Å². The van der Waals surface area contributed by atoms with Crippen molar-refractivity contribution in [1.29, 1.82) is 0 Å². The Hall–Kier alpha value is -2.38. The normalized spacial score (nSPS) is 15.2. The van der Waals surface area contributed by atoms with Crippen LogP contribution >= 0.6 is 0 Å². The quantitative estimate of drug-likeness (QED) is 0.523. The van der Waals surface area contributed by atoms with Gasteiger partial charge in [0.05, 0.1) is 0 Å². The molecule has 1 aromatic rings. The Morgan fingerprint density at radius 1 is 1.15 bits per heavy atom. The summed E-state index contributed by atoms with van der Waals surface area (Å²) in [6, 6.07) is 1.81. The molecule has 1 aliphatic heterocycles. The molecule has 1 fully saturated rings. The summed E-state index contributed by atoms with van der Waals surface area (Å²) >= 11 is 0. The highest BCUT2D eigenvalue weighted by molar-refractivity contribution is 5.81. The number of piperazine rings is 1. The fourth-order valence-electron chi connectivity index (χ4n) is 3.10. The van der Waals surface area contributed by atoms with Crippen molar-refractivity contribution in [3.63, 3.8) is 0 Å². The molecular formula is C19H33N7O. The van der Waals surface area contributed by atoms with Crippen LogP contribution in [0, 0.1) is 5.92 Å². The van der Waals surface area contributed by atoms with Crippen molar-refractivity contribution in [2.24, 2.45) is 10.9 Å². The number of hydrogen-bond donors (Lipinski definition) is 2. The first-order valence-electron chi connectivity index (χ1n) is 9.92. The van der Waals surface area contributed by atoms with Crippen molar-refractivity contribution in [3.8, 4) is 0 Å². The van der Waals surface area contributed by atoms with Crippen LogP contribution in [-0.4, -0.2) is 73.1 Å². The number of anilines is 1. The Bertz CT molecular complexity index is 581. The SMILES string of the molecule is CCC(CC)CNC(=NC)NCCC(=O)N1CCN(c2ncccn2)CC1. The summed E-state index contributed by atoms with van der Waals surface area (Å²) in [7, 11) is 1.76. The van der Waals surface area contributed by atoms with E-state index < -0.39 is 0 Å². The Kier molecular flexibility index (Phi) is 8.80. The molecule has 2 rings (SSSR count). The van der Waals surface area contributed by atoms with E-state index >= 15 is 0 Å². The van der Waals surface area contributed by atoms with Crippen LogP contribution in [0.25, 0.3) is 0 Å². The zero-order valence-corrected chi connectivity index (χ0v) is 16.8. The molecule has 1 aromatic heterocycles. The highest BCUT2D eigenvalue weighted by Gasteiger charge is 2.22. The number of nitrogens with zero attached hydrogens (tertiary/aromatic N) is 5. The third-order valence-corrected chi connectivity index (χ3v) is 5.04. The molecule has 1 aliphatic rings. The van der Waals surface area contributed by atoms with E-state index in [1.54, 1.807) is 19.4 Å². The van der Waals surface area contributed by atoms with Crippen molar-refractivity contribution in [2.45, 2.75) is 33.1 Å². The number of carbonyl (C=O) groups is 1. The molecule has 0 saturated carbocycles. The van der Waals surface area contributed by atoms with Crippen LogP contribution < -0.4 is 15.5 Å². The van der Waals surface area contributed by atoms with Crippen LogP contribution in [0.15, 0.2) is 23.5 Å². The van der Waals surface area contributed by atoms with Gasteiger partial charge in [0.15, 0.2) is 5.96 Å². The van der Waals surface area contributed by atoms with E-state index in [1.807, 2.05) is 11.0 Å². The van der Waals surface area contributed by atoms with Gasteiger partial charge < -0.3 is 20.4 Å². The monoisotopic (exact) mass is 375 g/mol. The van der Waals surface area contributed by atoms with Crippen LogP contribution in [0.1, 0.15) is 33.1 Å². The molecule has 1 saturated heterocycles. The van der Waals surface area contributed by atoms with E-state index in [9.17, 15) is 4.79 Å². The Morgan fingerprint density at radius 2 is 1.81 bits per heavy atom. The van der Waals surface area contributed by atoms with E-state index in [-0.39, 0.29) is 5.91 Å². The number of hydrogen-bond acceptors (Lipinski definition) is 5. The van der Waals surface area contributed by atoms with Gasteiger partial charge in [-0.2, -0.15) is 0 Å². The third kappa shape index (κ3) is 6.69. The average molecular weight is 376 g/mol. The summed E-state index contributed by atoms with van der Waals surface area (Å²) in [5.74, 6) is 2.32. The molecular weight excluding hydrogens is 342 g/mol. The molecule has 150 valence electrons. The minimum absolute atomic E-state index is 0.173. The number of rotatable bonds is 8. The molecule has 0 bridgehead atoms. The van der Waals surface area contributed by atoms with Crippen LogP contribution in [-0.2, 0) is 4.79 Å². The zero-order chi connectivity index (χ0) is 19.5. The van der Waals surface area contributed by atoms with Crippen LogP contribution in [0.3, 0.4) is 0 Å². The summed E-state index contributed by atoms with van der Waals surface area (Å²) in [4.78, 5) is 29.3. The summed E-state index contributed by atoms with van der Waals surface area (Å²) in [6.07, 6.45) is 6.26. The second-order valence-electron chi connectivity index (χ2n) is 6.73. The Labute approximate surface area is 162 Å². The third-order valence-electron chi connectivity index (χ3n) is 5.04. The summed E-state index contributed by atoms with van der Waals surface area (Å²) in [6.45, 7) is 8.84. The first-order chi connectivity index (χ1) is 13.2. The summed E-state index contributed by atoms with van der Waals surface area (Å²) < 4.78 is 0. The Balaban J connectivity index is 1.67. The molecule has 0 atom stereocenters. The van der Waals surface area contributed by atoms with E-state index in [0.29, 0.717) is 32.0 Å². The number of amides is 1. The number of carbonyl (C=O) groups excluding carboxylic acids is 1. The molecule has 1 amide bonds. The molecule has 0 aromatic carbocycles. The lowest BCUT2D eigenvalue weighted by atomic mass is 10.0. The molecule has 8 heteroatoms. The topological polar surface area (TPSA) is 85.8 Å². The van der Waals surface area contributed by atoms with Crippen LogP contribution in [0.4, 0.5) is 5.95 Å². The van der Waals surface area contributed by atoms with Crippen molar-refractivity contribution in [2.75, 3.05) is 51.2 Å². The van der Waals surface area contributed by atoms with E-state index in [4.69, 9.17) is 0 Å². The molecule has 0 radical (unpaired) electrons. The van der Waals surface area contributed by atoms with Gasteiger partial charge in [-0.15, -0.1) is 0 Å². The smallest absolute Gasteiger partial charge is 0.225 e. The predicted octanol–water partition coefficient (Wildman–Crippen LogP) is 1.12.